The summed E-state index contributed by atoms with van der Waals surface area (Å²) in [6.07, 6.45) is 0.881. The molecule has 6 nitrogen and oxygen atoms in total. The Morgan fingerprint density at radius 2 is 2.12 bits per heavy atom. The number of rotatable bonds is 2. The van der Waals surface area contributed by atoms with Gasteiger partial charge in [-0.15, -0.1) is 11.3 Å². The summed E-state index contributed by atoms with van der Waals surface area (Å²) in [5.41, 5.74) is 5.49. The van der Waals surface area contributed by atoms with Gasteiger partial charge in [-0.2, -0.15) is 0 Å². The molecule has 0 saturated heterocycles. The molecule has 24 heavy (non-hydrogen) atoms. The number of nitrogens with zero attached hydrogens (tertiary/aromatic N) is 3. The van der Waals surface area contributed by atoms with Crippen LogP contribution in [-0.2, 0) is 13.0 Å². The summed E-state index contributed by atoms with van der Waals surface area (Å²) < 4.78 is 1.59. The molecule has 0 unspecified atom stereocenters. The summed E-state index contributed by atoms with van der Waals surface area (Å²) in [6, 6.07) is 7.76. The van der Waals surface area contributed by atoms with Crippen LogP contribution in [0.2, 0.25) is 0 Å². The number of nitrogens with one attached hydrogen (secondary N) is 1. The summed E-state index contributed by atoms with van der Waals surface area (Å²) in [4.78, 5) is 22.2. The molecule has 1 aromatic carbocycles. The molecule has 0 radical (unpaired) electrons. The van der Waals surface area contributed by atoms with Gasteiger partial charge >= 0.3 is 0 Å². The van der Waals surface area contributed by atoms with E-state index in [9.17, 15) is 4.79 Å². The molecule has 3 aromatic rings. The third kappa shape index (κ3) is 2.24. The van der Waals surface area contributed by atoms with Crippen molar-refractivity contribution in [1.29, 1.82) is 0 Å². The van der Waals surface area contributed by atoms with Crippen LogP contribution in [-0.4, -0.2) is 28.0 Å². The maximum atomic E-state index is 13.3. The van der Waals surface area contributed by atoms with Gasteiger partial charge in [0.25, 0.3) is 5.56 Å². The van der Waals surface area contributed by atoms with Gasteiger partial charge in [-0.1, -0.05) is 18.2 Å². The van der Waals surface area contributed by atoms with Gasteiger partial charge in [0.2, 0.25) is 5.95 Å². The summed E-state index contributed by atoms with van der Waals surface area (Å²) in [5, 5.41) is 0.741. The predicted octanol–water partition coefficient (Wildman–Crippen LogP) is 2.03. The van der Waals surface area contributed by atoms with Gasteiger partial charge in [0.1, 0.15) is 4.83 Å². The Morgan fingerprint density at radius 1 is 1.33 bits per heavy atom. The average Bonchev–Trinajstić information content (AvgIpc) is 2.93. The van der Waals surface area contributed by atoms with Crippen LogP contribution in [0, 0.1) is 6.92 Å². The Labute approximate surface area is 143 Å². The lowest BCUT2D eigenvalue weighted by molar-refractivity contribution is 0.318. The number of para-hydroxylation sites is 1. The van der Waals surface area contributed by atoms with Crippen LogP contribution in [0.1, 0.15) is 16.0 Å². The third-order valence-corrected chi connectivity index (χ3v) is 5.66. The molecule has 0 fully saturated rings. The number of thiophene rings is 1. The first-order valence-corrected chi connectivity index (χ1v) is 8.70. The number of nitrogen functional groups attached to an aromatic ring is 1. The second kappa shape index (κ2) is 5.70. The zero-order chi connectivity index (χ0) is 16.8. The Morgan fingerprint density at radius 3 is 2.88 bits per heavy atom. The molecule has 1 aliphatic rings. The number of aromatic nitrogens is 2. The molecule has 3 N–H and O–H groups in total. The van der Waals surface area contributed by atoms with Gasteiger partial charge in [0.05, 0.1) is 11.1 Å². The molecule has 0 spiro atoms. The molecule has 1 aliphatic heterocycles. The van der Waals surface area contributed by atoms with E-state index < -0.39 is 0 Å². The molecular formula is C17H19N5OS. The minimum absolute atomic E-state index is 0.0516. The maximum Gasteiger partial charge on any atom is 0.268 e. The topological polar surface area (TPSA) is 76.2 Å². The van der Waals surface area contributed by atoms with Gasteiger partial charge in [0.15, 0.2) is 0 Å². The van der Waals surface area contributed by atoms with Crippen molar-refractivity contribution in [2.45, 2.75) is 19.9 Å². The highest BCUT2D eigenvalue weighted by Crippen LogP contribution is 2.33. The fourth-order valence-electron chi connectivity index (χ4n) is 3.30. The normalized spacial score (nSPS) is 14.8. The molecule has 7 heteroatoms. The summed E-state index contributed by atoms with van der Waals surface area (Å²) in [7, 11) is 2.10. The van der Waals surface area contributed by atoms with E-state index in [-0.39, 0.29) is 5.56 Å². The Kier molecular flexibility index (Phi) is 3.64. The van der Waals surface area contributed by atoms with Crippen molar-refractivity contribution in [3.05, 3.63) is 50.6 Å². The second-order valence-corrected chi connectivity index (χ2v) is 7.26. The lowest BCUT2D eigenvalue weighted by atomic mass is 10.1. The van der Waals surface area contributed by atoms with Crippen LogP contribution in [0.5, 0.6) is 0 Å². The average molecular weight is 341 g/mol. The number of fused-ring (bicyclic) bond motifs is 3. The highest BCUT2D eigenvalue weighted by Gasteiger charge is 2.24. The van der Waals surface area contributed by atoms with Crippen molar-refractivity contribution in [1.82, 2.24) is 14.5 Å². The minimum Gasteiger partial charge on any atom is -0.301 e. The first-order chi connectivity index (χ1) is 11.6. The fourth-order valence-corrected chi connectivity index (χ4v) is 4.60. The van der Waals surface area contributed by atoms with E-state index in [1.807, 2.05) is 31.2 Å². The Balaban J connectivity index is 2.06. The smallest absolute Gasteiger partial charge is 0.268 e. The van der Waals surface area contributed by atoms with Crippen LogP contribution in [0.3, 0.4) is 0 Å². The Bertz CT molecular complexity index is 991. The summed E-state index contributed by atoms with van der Waals surface area (Å²) in [6.45, 7) is 3.80. The van der Waals surface area contributed by atoms with E-state index in [1.54, 1.807) is 15.9 Å². The number of anilines is 1. The lowest BCUT2D eigenvalue weighted by Crippen LogP contribution is -2.28. The molecular weight excluding hydrogens is 322 g/mol. The maximum absolute atomic E-state index is 13.3. The van der Waals surface area contributed by atoms with Gasteiger partial charge in [-0.05, 0) is 37.6 Å². The molecule has 2 aromatic heterocycles. The molecule has 3 heterocycles. The second-order valence-electron chi connectivity index (χ2n) is 6.18. The van der Waals surface area contributed by atoms with E-state index in [4.69, 9.17) is 5.84 Å². The van der Waals surface area contributed by atoms with Crippen LogP contribution >= 0.6 is 11.3 Å². The largest absolute Gasteiger partial charge is 0.301 e. The predicted molar refractivity (Wildman–Crippen MR) is 97.8 cm³/mol. The zero-order valence-electron chi connectivity index (χ0n) is 13.7. The van der Waals surface area contributed by atoms with Crippen molar-refractivity contribution in [3.8, 4) is 5.69 Å². The van der Waals surface area contributed by atoms with Crippen molar-refractivity contribution in [2.75, 3.05) is 19.0 Å². The van der Waals surface area contributed by atoms with Gasteiger partial charge in [-0.3, -0.25) is 10.2 Å². The van der Waals surface area contributed by atoms with Gasteiger partial charge in [0, 0.05) is 18.0 Å². The number of aryl methyl sites for hydroxylation is 1. The number of benzene rings is 1. The number of hydrazine groups is 1. The molecule has 0 saturated carbocycles. The molecule has 0 aliphatic carbocycles. The van der Waals surface area contributed by atoms with Crippen LogP contribution in [0.25, 0.3) is 15.9 Å². The first-order valence-electron chi connectivity index (χ1n) is 7.88. The molecule has 4 rings (SSSR count). The van der Waals surface area contributed by atoms with Crippen molar-refractivity contribution < 1.29 is 0 Å². The van der Waals surface area contributed by atoms with E-state index in [0.29, 0.717) is 5.95 Å². The number of hydrogen-bond acceptors (Lipinski definition) is 6. The van der Waals surface area contributed by atoms with E-state index in [1.165, 1.54) is 4.88 Å². The highest BCUT2D eigenvalue weighted by atomic mass is 32.1. The van der Waals surface area contributed by atoms with E-state index >= 15 is 0 Å². The van der Waals surface area contributed by atoms with E-state index in [0.717, 1.165) is 46.5 Å². The molecule has 0 bridgehead atoms. The van der Waals surface area contributed by atoms with Crippen molar-refractivity contribution in [3.63, 3.8) is 0 Å². The first kappa shape index (κ1) is 15.3. The summed E-state index contributed by atoms with van der Waals surface area (Å²) in [5.74, 6) is 6.04. The summed E-state index contributed by atoms with van der Waals surface area (Å²) >= 11 is 1.59. The number of likely N-dealkylation sites (N-methyl/N-ethyl adjacent to an activating group) is 1. The fraction of sp³-hybridized carbons (Fsp3) is 0.294. The van der Waals surface area contributed by atoms with Crippen LogP contribution < -0.4 is 16.8 Å². The zero-order valence-corrected chi connectivity index (χ0v) is 14.5. The quantitative estimate of drug-likeness (QED) is 0.551. The molecule has 0 atom stereocenters. The standard InChI is InChI=1S/C17H19N5OS/c1-10-5-3-4-6-12(10)22-16(23)14-11-7-8-21(2)9-13(11)24-15(14)19-17(22)20-18/h3-6H,7-9,18H2,1-2H3,(H,19,20). The van der Waals surface area contributed by atoms with Gasteiger partial charge < -0.3 is 4.90 Å². The van der Waals surface area contributed by atoms with Crippen LogP contribution in [0.15, 0.2) is 29.1 Å². The minimum atomic E-state index is -0.0516. The van der Waals surface area contributed by atoms with Crippen LogP contribution in [0.4, 0.5) is 5.95 Å². The molecule has 124 valence electrons. The SMILES string of the molecule is Cc1ccccc1-n1c(NN)nc2sc3c(c2c1=O)CCN(C)C3. The lowest BCUT2D eigenvalue weighted by Gasteiger charge is -2.21. The number of nitrogens with two attached hydrogens (primary N) is 1. The van der Waals surface area contributed by atoms with Crippen molar-refractivity contribution >= 4 is 27.5 Å². The van der Waals surface area contributed by atoms with Gasteiger partial charge in [-0.25, -0.2) is 15.4 Å². The Hall–Kier alpha value is -2.22. The van der Waals surface area contributed by atoms with Crippen molar-refractivity contribution in [2.24, 2.45) is 5.84 Å². The number of hydrogen-bond donors (Lipinski definition) is 2. The molecule has 0 amide bonds. The monoisotopic (exact) mass is 341 g/mol. The highest BCUT2D eigenvalue weighted by molar-refractivity contribution is 7.18. The van der Waals surface area contributed by atoms with E-state index in [2.05, 4.69) is 22.4 Å². The third-order valence-electron chi connectivity index (χ3n) is 4.55.